The smallest absolute Gasteiger partial charge is 0.308 e. The Kier molecular flexibility index (Phi) is 6.00. The molecule has 0 bridgehead atoms. The maximum Gasteiger partial charge on any atom is 0.308 e. The van der Waals surface area contributed by atoms with E-state index in [9.17, 15) is 9.59 Å². The van der Waals surface area contributed by atoms with E-state index in [-0.39, 0.29) is 11.7 Å². The minimum atomic E-state index is -0.499. The van der Waals surface area contributed by atoms with Crippen LogP contribution in [0, 0.1) is 13.8 Å². The van der Waals surface area contributed by atoms with Gasteiger partial charge in [-0.15, -0.1) is 0 Å². The number of nitrogens with one attached hydrogen (secondary N) is 1. The summed E-state index contributed by atoms with van der Waals surface area (Å²) in [5.74, 6) is 1.05. The van der Waals surface area contributed by atoms with Crippen molar-refractivity contribution in [3.63, 3.8) is 0 Å². The van der Waals surface area contributed by atoms with Crippen LogP contribution in [-0.4, -0.2) is 32.3 Å². The van der Waals surface area contributed by atoms with Gasteiger partial charge in [-0.1, -0.05) is 0 Å². The molecule has 8 heteroatoms. The molecule has 0 aliphatic carbocycles. The van der Waals surface area contributed by atoms with Crippen LogP contribution in [0.1, 0.15) is 34.4 Å². The van der Waals surface area contributed by atoms with Gasteiger partial charge in [-0.2, -0.15) is 5.10 Å². The first-order valence-corrected chi connectivity index (χ1v) is 7.70. The number of furan rings is 1. The van der Waals surface area contributed by atoms with E-state index in [1.807, 2.05) is 0 Å². The number of hydrogen-bond acceptors (Lipinski definition) is 7. The Labute approximate surface area is 150 Å². The fraction of sp³-hybridized carbons (Fsp3) is 0.278. The molecule has 0 fully saturated rings. The zero-order valence-electron chi connectivity index (χ0n) is 15.2. The molecule has 1 heterocycles. The Morgan fingerprint density at radius 2 is 1.73 bits per heavy atom. The highest BCUT2D eigenvalue weighted by Crippen LogP contribution is 2.38. The van der Waals surface area contributed by atoms with Gasteiger partial charge in [-0.3, -0.25) is 9.59 Å². The van der Waals surface area contributed by atoms with Crippen LogP contribution >= 0.6 is 0 Å². The molecule has 0 spiro atoms. The van der Waals surface area contributed by atoms with E-state index in [4.69, 9.17) is 18.6 Å². The Morgan fingerprint density at radius 3 is 2.19 bits per heavy atom. The number of rotatable bonds is 6. The highest BCUT2D eigenvalue weighted by atomic mass is 16.6. The summed E-state index contributed by atoms with van der Waals surface area (Å²) in [7, 11) is 2.88. The van der Waals surface area contributed by atoms with E-state index in [2.05, 4.69) is 10.5 Å². The normalized spacial score (nSPS) is 10.7. The first kappa shape index (κ1) is 19.0. The van der Waals surface area contributed by atoms with Crippen LogP contribution in [0.4, 0.5) is 0 Å². The third kappa shape index (κ3) is 4.41. The fourth-order valence-corrected chi connectivity index (χ4v) is 2.30. The van der Waals surface area contributed by atoms with Crippen molar-refractivity contribution in [1.29, 1.82) is 0 Å². The Bertz CT molecular complexity index is 828. The highest BCUT2D eigenvalue weighted by Gasteiger charge is 2.16. The maximum atomic E-state index is 12.1. The lowest BCUT2D eigenvalue weighted by Crippen LogP contribution is -2.17. The van der Waals surface area contributed by atoms with Gasteiger partial charge in [0.05, 0.1) is 26.0 Å². The highest BCUT2D eigenvalue weighted by molar-refractivity contribution is 5.96. The summed E-state index contributed by atoms with van der Waals surface area (Å²) in [6, 6.07) is 4.84. The average molecular weight is 360 g/mol. The molecule has 0 atom stereocenters. The lowest BCUT2D eigenvalue weighted by Gasteiger charge is -2.13. The molecule has 0 radical (unpaired) electrons. The molecule has 26 heavy (non-hydrogen) atoms. The molecular formula is C18H20N2O6. The number of benzene rings is 1. The zero-order valence-corrected chi connectivity index (χ0v) is 15.2. The fourth-order valence-electron chi connectivity index (χ4n) is 2.30. The van der Waals surface area contributed by atoms with Gasteiger partial charge in [0.1, 0.15) is 11.5 Å². The van der Waals surface area contributed by atoms with E-state index in [0.717, 1.165) is 0 Å². The monoisotopic (exact) mass is 360 g/mol. The van der Waals surface area contributed by atoms with Gasteiger partial charge >= 0.3 is 5.97 Å². The van der Waals surface area contributed by atoms with Crippen molar-refractivity contribution in [1.82, 2.24) is 5.43 Å². The van der Waals surface area contributed by atoms with Gasteiger partial charge < -0.3 is 18.6 Å². The molecule has 0 saturated carbocycles. The van der Waals surface area contributed by atoms with Gasteiger partial charge in [0, 0.05) is 12.5 Å². The summed E-state index contributed by atoms with van der Waals surface area (Å²) >= 11 is 0. The number of nitrogens with zero attached hydrogens (tertiary/aromatic N) is 1. The van der Waals surface area contributed by atoms with Crippen LogP contribution in [0.5, 0.6) is 17.2 Å². The second kappa shape index (κ2) is 8.19. The van der Waals surface area contributed by atoms with Crippen molar-refractivity contribution >= 4 is 18.1 Å². The molecule has 1 aromatic heterocycles. The number of carbonyl (C=O) groups is 2. The maximum absolute atomic E-state index is 12.1. The minimum Gasteiger partial charge on any atom is -0.493 e. The average Bonchev–Trinajstić information content (AvgIpc) is 2.93. The predicted octanol–water partition coefficient (Wildman–Crippen LogP) is 2.60. The lowest BCUT2D eigenvalue weighted by molar-refractivity contribution is -0.132. The summed E-state index contributed by atoms with van der Waals surface area (Å²) in [6.07, 6.45) is 1.42. The third-order valence-corrected chi connectivity index (χ3v) is 3.39. The molecule has 8 nitrogen and oxygen atoms in total. The molecule has 2 aromatic rings. The zero-order chi connectivity index (χ0) is 19.3. The quantitative estimate of drug-likeness (QED) is 0.368. The van der Waals surface area contributed by atoms with E-state index < -0.39 is 5.97 Å². The van der Waals surface area contributed by atoms with Crippen LogP contribution in [0.2, 0.25) is 0 Å². The van der Waals surface area contributed by atoms with Crippen LogP contribution in [0.3, 0.4) is 0 Å². The molecular weight excluding hydrogens is 340 g/mol. The van der Waals surface area contributed by atoms with E-state index in [0.29, 0.717) is 34.1 Å². The molecule has 2 rings (SSSR count). The molecule has 1 amide bonds. The van der Waals surface area contributed by atoms with Crippen molar-refractivity contribution in [3.05, 3.63) is 40.8 Å². The molecule has 0 aliphatic rings. The van der Waals surface area contributed by atoms with Crippen molar-refractivity contribution in [3.8, 4) is 17.2 Å². The van der Waals surface area contributed by atoms with Crippen molar-refractivity contribution in [2.45, 2.75) is 20.8 Å². The predicted molar refractivity (Wildman–Crippen MR) is 94.1 cm³/mol. The van der Waals surface area contributed by atoms with E-state index in [1.54, 1.807) is 32.0 Å². The summed E-state index contributed by atoms with van der Waals surface area (Å²) in [5, 5.41) is 3.92. The molecule has 1 aromatic carbocycles. The molecule has 0 saturated heterocycles. The third-order valence-electron chi connectivity index (χ3n) is 3.39. The second-order valence-electron chi connectivity index (χ2n) is 5.37. The molecule has 0 unspecified atom stereocenters. The standard InChI is InChI=1S/C18H20N2O6/c1-10-6-14(11(2)25-10)18(22)20-19-9-13-7-15(23-4)17(26-12(3)21)16(8-13)24-5/h6-9H,1-5H3,(H,20,22)/b19-9+. The SMILES string of the molecule is COc1cc(/C=N/NC(=O)c2cc(C)oc2C)cc(OC)c1OC(C)=O. The number of hydrazone groups is 1. The van der Waals surface area contributed by atoms with Crippen molar-refractivity contribution in [2.24, 2.45) is 5.10 Å². The largest absolute Gasteiger partial charge is 0.493 e. The summed E-state index contributed by atoms with van der Waals surface area (Å²) in [6.45, 7) is 4.74. The number of hydrogen-bond donors (Lipinski definition) is 1. The molecule has 1 N–H and O–H groups in total. The second-order valence-corrected chi connectivity index (χ2v) is 5.37. The first-order valence-electron chi connectivity index (χ1n) is 7.70. The Morgan fingerprint density at radius 1 is 1.12 bits per heavy atom. The number of carbonyl (C=O) groups excluding carboxylic acids is 2. The van der Waals surface area contributed by atoms with Gasteiger partial charge in [0.25, 0.3) is 5.91 Å². The minimum absolute atomic E-state index is 0.174. The lowest BCUT2D eigenvalue weighted by atomic mass is 10.2. The number of aryl methyl sites for hydroxylation is 2. The topological polar surface area (TPSA) is 99.4 Å². The Hall–Kier alpha value is -3.29. The van der Waals surface area contributed by atoms with Crippen LogP contribution in [-0.2, 0) is 4.79 Å². The number of ether oxygens (including phenoxy) is 3. The Balaban J connectivity index is 2.20. The first-order chi connectivity index (χ1) is 12.3. The molecule has 0 aliphatic heterocycles. The van der Waals surface area contributed by atoms with Gasteiger partial charge in [-0.25, -0.2) is 5.43 Å². The van der Waals surface area contributed by atoms with Crippen LogP contribution in [0.25, 0.3) is 0 Å². The van der Waals surface area contributed by atoms with Gasteiger partial charge in [0.2, 0.25) is 5.75 Å². The van der Waals surface area contributed by atoms with Crippen molar-refractivity contribution < 1.29 is 28.2 Å². The number of amides is 1. The van der Waals surface area contributed by atoms with Gasteiger partial charge in [-0.05, 0) is 32.0 Å². The van der Waals surface area contributed by atoms with Crippen molar-refractivity contribution in [2.75, 3.05) is 14.2 Å². The van der Waals surface area contributed by atoms with Crippen LogP contribution < -0.4 is 19.6 Å². The van der Waals surface area contributed by atoms with Gasteiger partial charge in [0.15, 0.2) is 11.5 Å². The van der Waals surface area contributed by atoms with Crippen LogP contribution in [0.15, 0.2) is 27.7 Å². The molecule has 138 valence electrons. The van der Waals surface area contributed by atoms with E-state index >= 15 is 0 Å². The summed E-state index contributed by atoms with van der Waals surface area (Å²) in [4.78, 5) is 23.3. The number of esters is 1. The summed E-state index contributed by atoms with van der Waals surface area (Å²) in [5.41, 5.74) is 3.42. The number of methoxy groups -OCH3 is 2. The van der Waals surface area contributed by atoms with E-state index in [1.165, 1.54) is 27.4 Å². The summed E-state index contributed by atoms with van der Waals surface area (Å²) < 4.78 is 20.9.